The minimum atomic E-state index is -0.687. The molecule has 1 atom stereocenters. The molecule has 0 radical (unpaired) electrons. The standard InChI is InChI=1S/C21H24F2N2O/c1-13-11-21(2,3)25(4)19-10-20(26-5)14(8-16(13)19)12-24-18-7-6-15(22)9-17(18)23/h6-10,12-13H,11H2,1-5H3. The largest absolute Gasteiger partial charge is 0.496 e. The number of ether oxygens (including phenoxy) is 1. The van der Waals surface area contributed by atoms with Gasteiger partial charge in [0.25, 0.3) is 0 Å². The Balaban J connectivity index is 2.03. The van der Waals surface area contributed by atoms with Crippen LogP contribution in [0.1, 0.15) is 44.2 Å². The second-order valence-electron chi connectivity index (χ2n) is 7.48. The number of halogens is 2. The van der Waals surface area contributed by atoms with Gasteiger partial charge < -0.3 is 9.64 Å². The van der Waals surface area contributed by atoms with E-state index in [0.717, 1.165) is 23.7 Å². The maximum Gasteiger partial charge on any atom is 0.151 e. The van der Waals surface area contributed by atoms with Crippen LogP contribution in [-0.2, 0) is 0 Å². The van der Waals surface area contributed by atoms with Crippen LogP contribution in [0, 0.1) is 11.6 Å². The highest BCUT2D eigenvalue weighted by atomic mass is 19.1. The average Bonchev–Trinajstić information content (AvgIpc) is 2.58. The van der Waals surface area contributed by atoms with Crippen molar-refractivity contribution in [3.63, 3.8) is 0 Å². The van der Waals surface area contributed by atoms with E-state index in [1.807, 2.05) is 6.07 Å². The van der Waals surface area contributed by atoms with E-state index in [4.69, 9.17) is 4.74 Å². The molecule has 0 fully saturated rings. The summed E-state index contributed by atoms with van der Waals surface area (Å²) in [6, 6.07) is 7.41. The van der Waals surface area contributed by atoms with Crippen molar-refractivity contribution in [2.75, 3.05) is 19.1 Å². The second-order valence-corrected chi connectivity index (χ2v) is 7.48. The Morgan fingerprint density at radius 1 is 1.23 bits per heavy atom. The first-order chi connectivity index (χ1) is 12.2. The predicted molar refractivity (Wildman–Crippen MR) is 102 cm³/mol. The quantitative estimate of drug-likeness (QED) is 0.682. The lowest BCUT2D eigenvalue weighted by atomic mass is 9.80. The smallest absolute Gasteiger partial charge is 0.151 e. The first kappa shape index (κ1) is 18.4. The molecule has 138 valence electrons. The number of rotatable bonds is 3. The highest BCUT2D eigenvalue weighted by Gasteiger charge is 2.34. The molecule has 0 saturated carbocycles. The summed E-state index contributed by atoms with van der Waals surface area (Å²) in [5.41, 5.74) is 3.28. The molecule has 0 N–H and O–H groups in total. The third-order valence-electron chi connectivity index (χ3n) is 5.24. The molecule has 3 nitrogen and oxygen atoms in total. The van der Waals surface area contributed by atoms with Gasteiger partial charge >= 0.3 is 0 Å². The maximum atomic E-state index is 13.8. The van der Waals surface area contributed by atoms with E-state index in [2.05, 4.69) is 43.8 Å². The Bertz CT molecular complexity index is 861. The number of methoxy groups -OCH3 is 1. The van der Waals surface area contributed by atoms with Gasteiger partial charge in [0.15, 0.2) is 5.82 Å². The molecule has 1 unspecified atom stereocenters. The fraction of sp³-hybridized carbons (Fsp3) is 0.381. The normalized spacial score (nSPS) is 18.9. The van der Waals surface area contributed by atoms with Crippen molar-refractivity contribution in [1.82, 2.24) is 0 Å². The molecule has 1 aliphatic rings. The number of hydrogen-bond acceptors (Lipinski definition) is 3. The molecule has 2 aromatic carbocycles. The molecule has 0 amide bonds. The monoisotopic (exact) mass is 358 g/mol. The summed E-state index contributed by atoms with van der Waals surface area (Å²) in [7, 11) is 3.70. The Hall–Kier alpha value is -2.43. The van der Waals surface area contributed by atoms with Crippen LogP contribution in [0.4, 0.5) is 20.2 Å². The van der Waals surface area contributed by atoms with Crippen LogP contribution in [0.5, 0.6) is 5.75 Å². The molecule has 1 aliphatic heterocycles. The van der Waals surface area contributed by atoms with Gasteiger partial charge in [-0.25, -0.2) is 8.78 Å². The molecule has 0 aliphatic carbocycles. The van der Waals surface area contributed by atoms with Crippen molar-refractivity contribution in [2.45, 2.75) is 38.6 Å². The summed E-state index contributed by atoms with van der Waals surface area (Å²) in [4.78, 5) is 6.46. The lowest BCUT2D eigenvalue weighted by Gasteiger charge is -2.45. The predicted octanol–water partition coefficient (Wildman–Crippen LogP) is 5.45. The van der Waals surface area contributed by atoms with E-state index < -0.39 is 11.6 Å². The van der Waals surface area contributed by atoms with Crippen LogP contribution in [0.25, 0.3) is 0 Å². The topological polar surface area (TPSA) is 24.8 Å². The summed E-state index contributed by atoms with van der Waals surface area (Å²) in [5.74, 6) is -0.246. The molecule has 0 spiro atoms. The van der Waals surface area contributed by atoms with E-state index in [0.29, 0.717) is 11.7 Å². The molecular formula is C21H24F2N2O. The SMILES string of the molecule is COc1cc2c(cc1C=Nc1ccc(F)cc1F)C(C)CC(C)(C)N2C. The van der Waals surface area contributed by atoms with E-state index in [1.165, 1.54) is 17.7 Å². The van der Waals surface area contributed by atoms with Gasteiger partial charge in [-0.2, -0.15) is 0 Å². The van der Waals surface area contributed by atoms with E-state index in [1.54, 1.807) is 13.3 Å². The summed E-state index contributed by atoms with van der Waals surface area (Å²) in [6.07, 6.45) is 2.61. The molecule has 2 aromatic rings. The highest BCUT2D eigenvalue weighted by molar-refractivity contribution is 5.87. The molecule has 5 heteroatoms. The molecule has 0 bridgehead atoms. The second kappa shape index (κ2) is 6.71. The van der Waals surface area contributed by atoms with Gasteiger partial charge in [0.1, 0.15) is 11.6 Å². The maximum absolute atomic E-state index is 13.8. The number of fused-ring (bicyclic) bond motifs is 1. The molecule has 0 aromatic heterocycles. The summed E-state index contributed by atoms with van der Waals surface area (Å²) in [6.45, 7) is 6.66. The fourth-order valence-corrected chi connectivity index (χ4v) is 3.61. The van der Waals surface area contributed by atoms with Crippen molar-refractivity contribution in [1.29, 1.82) is 0 Å². The van der Waals surface area contributed by atoms with Gasteiger partial charge in [-0.3, -0.25) is 4.99 Å². The molecular weight excluding hydrogens is 334 g/mol. The van der Waals surface area contributed by atoms with Crippen molar-refractivity contribution in [2.24, 2.45) is 4.99 Å². The van der Waals surface area contributed by atoms with Crippen LogP contribution < -0.4 is 9.64 Å². The molecule has 0 saturated heterocycles. The van der Waals surface area contributed by atoms with Gasteiger partial charge in [0.05, 0.1) is 12.8 Å². The molecule has 3 rings (SSSR count). The Morgan fingerprint density at radius 3 is 2.62 bits per heavy atom. The zero-order chi connectivity index (χ0) is 19.1. The van der Waals surface area contributed by atoms with Crippen LogP contribution in [0.2, 0.25) is 0 Å². The van der Waals surface area contributed by atoms with Crippen LogP contribution >= 0.6 is 0 Å². The summed E-state index contributed by atoms with van der Waals surface area (Å²) in [5, 5.41) is 0. The minimum Gasteiger partial charge on any atom is -0.496 e. The molecule has 1 heterocycles. The van der Waals surface area contributed by atoms with E-state index in [9.17, 15) is 8.78 Å². The zero-order valence-corrected chi connectivity index (χ0v) is 15.8. The van der Waals surface area contributed by atoms with Crippen molar-refractivity contribution in [3.8, 4) is 5.75 Å². The lowest BCUT2D eigenvalue weighted by molar-refractivity contribution is 0.389. The Morgan fingerprint density at radius 2 is 1.96 bits per heavy atom. The van der Waals surface area contributed by atoms with E-state index in [-0.39, 0.29) is 11.2 Å². The van der Waals surface area contributed by atoms with Crippen molar-refractivity contribution < 1.29 is 13.5 Å². The van der Waals surface area contributed by atoms with Gasteiger partial charge in [-0.15, -0.1) is 0 Å². The number of nitrogens with zero attached hydrogens (tertiary/aromatic N) is 2. The van der Waals surface area contributed by atoms with Gasteiger partial charge in [-0.05, 0) is 49.9 Å². The minimum absolute atomic E-state index is 0.0598. The van der Waals surface area contributed by atoms with Crippen molar-refractivity contribution >= 4 is 17.6 Å². The zero-order valence-electron chi connectivity index (χ0n) is 15.8. The number of aliphatic imine (C=N–C) groups is 1. The first-order valence-corrected chi connectivity index (χ1v) is 8.68. The summed E-state index contributed by atoms with van der Waals surface area (Å²) >= 11 is 0. The van der Waals surface area contributed by atoms with Gasteiger partial charge in [-0.1, -0.05) is 6.92 Å². The van der Waals surface area contributed by atoms with Crippen molar-refractivity contribution in [3.05, 3.63) is 53.1 Å². The first-order valence-electron chi connectivity index (χ1n) is 8.68. The Labute approximate surface area is 153 Å². The third-order valence-corrected chi connectivity index (χ3v) is 5.24. The third kappa shape index (κ3) is 3.30. The number of hydrogen-bond donors (Lipinski definition) is 0. The lowest BCUT2D eigenvalue weighted by Crippen LogP contribution is -2.45. The van der Waals surface area contributed by atoms with Crippen LogP contribution in [-0.4, -0.2) is 25.9 Å². The Kier molecular flexibility index (Phi) is 4.74. The highest BCUT2D eigenvalue weighted by Crippen LogP contribution is 2.44. The van der Waals surface area contributed by atoms with Crippen LogP contribution in [0.3, 0.4) is 0 Å². The van der Waals surface area contributed by atoms with Gasteiger partial charge in [0.2, 0.25) is 0 Å². The summed E-state index contributed by atoms with van der Waals surface area (Å²) < 4.78 is 32.4. The van der Waals surface area contributed by atoms with Crippen LogP contribution in [0.15, 0.2) is 35.3 Å². The molecule has 26 heavy (non-hydrogen) atoms. The van der Waals surface area contributed by atoms with Gasteiger partial charge in [0, 0.05) is 42.2 Å². The average molecular weight is 358 g/mol. The fourth-order valence-electron chi connectivity index (χ4n) is 3.61. The number of benzene rings is 2. The number of anilines is 1. The van der Waals surface area contributed by atoms with E-state index >= 15 is 0 Å².